The molecule has 1 aliphatic heterocycles. The molecule has 1 aliphatic carbocycles. The number of nitrogens with one attached hydrogen (secondary N) is 1. The van der Waals surface area contributed by atoms with Crippen LogP contribution < -0.4 is 10.2 Å². The van der Waals surface area contributed by atoms with E-state index in [0.29, 0.717) is 24.6 Å². The van der Waals surface area contributed by atoms with Crippen LogP contribution in [0.3, 0.4) is 0 Å². The zero-order valence-electron chi connectivity index (χ0n) is 20.6. The lowest BCUT2D eigenvalue weighted by Gasteiger charge is -2.33. The van der Waals surface area contributed by atoms with E-state index < -0.39 is 6.09 Å². The predicted molar refractivity (Wildman–Crippen MR) is 135 cm³/mol. The topological polar surface area (TPSA) is 126 Å². The first-order valence-electron chi connectivity index (χ1n) is 12.9. The smallest absolute Gasteiger partial charge is 0.412 e. The monoisotopic (exact) mass is 494 g/mol. The van der Waals surface area contributed by atoms with Gasteiger partial charge in [0.25, 0.3) is 0 Å². The van der Waals surface area contributed by atoms with Gasteiger partial charge in [-0.1, -0.05) is 0 Å². The lowest BCUT2D eigenvalue weighted by Crippen LogP contribution is -2.41. The van der Waals surface area contributed by atoms with Gasteiger partial charge in [0, 0.05) is 49.6 Å². The van der Waals surface area contributed by atoms with Gasteiger partial charge in [0.1, 0.15) is 12.4 Å². The number of imidazole rings is 1. The highest BCUT2D eigenvalue weighted by molar-refractivity contribution is 5.95. The first-order valence-corrected chi connectivity index (χ1v) is 12.9. The number of carboxylic acid groups (broad SMARTS) is 1. The molecule has 1 saturated carbocycles. The number of aliphatic hydroxyl groups excluding tert-OH is 1. The molecule has 10 nitrogen and oxygen atoms in total. The van der Waals surface area contributed by atoms with Gasteiger partial charge in [-0.25, -0.2) is 9.78 Å². The van der Waals surface area contributed by atoms with Crippen LogP contribution in [-0.2, 0) is 30.7 Å². The van der Waals surface area contributed by atoms with Gasteiger partial charge in [-0.2, -0.15) is 5.10 Å². The van der Waals surface area contributed by atoms with E-state index in [2.05, 4.69) is 10.4 Å². The average molecular weight is 495 g/mol. The van der Waals surface area contributed by atoms with E-state index in [1.54, 1.807) is 6.20 Å². The number of hydrogen-bond donors (Lipinski definition) is 3. The Balaban J connectivity index is 1.44. The molecule has 0 unspecified atom stereocenters. The number of aromatic nitrogens is 4. The minimum absolute atomic E-state index is 0.0550. The molecule has 0 spiro atoms. The van der Waals surface area contributed by atoms with Gasteiger partial charge in [0.15, 0.2) is 0 Å². The fourth-order valence-corrected chi connectivity index (χ4v) is 5.69. The minimum atomic E-state index is -0.962. The molecule has 3 heterocycles. The number of amides is 2. The Kier molecular flexibility index (Phi) is 6.95. The number of aryl methyl sites for hydroxylation is 3. The van der Waals surface area contributed by atoms with Crippen LogP contribution in [0.5, 0.6) is 0 Å². The number of hydrogen-bond acceptors (Lipinski definition) is 5. The van der Waals surface area contributed by atoms with Crippen LogP contribution in [0.1, 0.15) is 50.4 Å². The molecule has 5 rings (SSSR count). The van der Waals surface area contributed by atoms with Crippen molar-refractivity contribution in [1.82, 2.24) is 24.6 Å². The molecule has 192 valence electrons. The number of rotatable bonds is 7. The SMILES string of the molecule is C[C@H]1CCc2c(ccc3c2nc(CCn2cccn2)n3CC(=O)N[C@H]2CC[C@H](CO)CC2)N1C(=O)O. The zero-order chi connectivity index (χ0) is 25.2. The highest BCUT2D eigenvalue weighted by Gasteiger charge is 2.31. The summed E-state index contributed by atoms with van der Waals surface area (Å²) in [6.45, 7) is 2.92. The maximum atomic E-state index is 13.1. The summed E-state index contributed by atoms with van der Waals surface area (Å²) in [6, 6.07) is 5.65. The fraction of sp³-hybridized carbons (Fsp3) is 0.538. The number of anilines is 1. The Bertz CT molecular complexity index is 1230. The lowest BCUT2D eigenvalue weighted by molar-refractivity contribution is -0.122. The van der Waals surface area contributed by atoms with Gasteiger partial charge in [-0.3, -0.25) is 14.4 Å². The molecule has 1 atom stereocenters. The van der Waals surface area contributed by atoms with Crippen molar-refractivity contribution >= 4 is 28.7 Å². The molecule has 36 heavy (non-hydrogen) atoms. The number of fused-ring (bicyclic) bond motifs is 3. The molecule has 1 fully saturated rings. The molecule has 0 saturated heterocycles. The quantitative estimate of drug-likeness (QED) is 0.464. The van der Waals surface area contributed by atoms with Gasteiger partial charge >= 0.3 is 6.09 Å². The third kappa shape index (κ3) is 4.82. The van der Waals surface area contributed by atoms with Gasteiger partial charge in [0.2, 0.25) is 5.91 Å². The summed E-state index contributed by atoms with van der Waals surface area (Å²) in [4.78, 5) is 31.5. The number of benzene rings is 1. The summed E-state index contributed by atoms with van der Waals surface area (Å²) in [5, 5.41) is 26.7. The summed E-state index contributed by atoms with van der Waals surface area (Å²) in [7, 11) is 0. The fourth-order valence-electron chi connectivity index (χ4n) is 5.69. The van der Waals surface area contributed by atoms with Crippen molar-refractivity contribution in [3.63, 3.8) is 0 Å². The minimum Gasteiger partial charge on any atom is -0.465 e. The largest absolute Gasteiger partial charge is 0.465 e. The van der Waals surface area contributed by atoms with Crippen LogP contribution >= 0.6 is 0 Å². The van der Waals surface area contributed by atoms with E-state index in [1.807, 2.05) is 40.6 Å². The van der Waals surface area contributed by atoms with Crippen LogP contribution in [-0.4, -0.2) is 60.2 Å². The third-order valence-electron chi connectivity index (χ3n) is 7.69. The van der Waals surface area contributed by atoms with E-state index >= 15 is 0 Å². The van der Waals surface area contributed by atoms with Crippen LogP contribution in [0, 0.1) is 5.92 Å². The highest BCUT2D eigenvalue weighted by Crippen LogP contribution is 2.36. The summed E-state index contributed by atoms with van der Waals surface area (Å²) >= 11 is 0. The molecule has 3 N–H and O–H groups in total. The van der Waals surface area contributed by atoms with E-state index in [9.17, 15) is 19.8 Å². The normalized spacial score (nSPS) is 21.9. The van der Waals surface area contributed by atoms with Gasteiger partial charge in [0.05, 0.1) is 16.7 Å². The Labute approximate surface area is 209 Å². The van der Waals surface area contributed by atoms with Gasteiger partial charge < -0.3 is 20.1 Å². The number of nitrogens with zero attached hydrogens (tertiary/aromatic N) is 5. The van der Waals surface area contributed by atoms with Crippen molar-refractivity contribution in [2.45, 2.75) is 77.0 Å². The summed E-state index contributed by atoms with van der Waals surface area (Å²) in [6.07, 6.45) is 8.35. The Morgan fingerprint density at radius 2 is 1.97 bits per heavy atom. The van der Waals surface area contributed by atoms with Crippen molar-refractivity contribution in [2.75, 3.05) is 11.5 Å². The summed E-state index contributed by atoms with van der Waals surface area (Å²) in [5.41, 5.74) is 3.23. The Morgan fingerprint density at radius 1 is 1.17 bits per heavy atom. The molecule has 0 bridgehead atoms. The second-order valence-corrected chi connectivity index (χ2v) is 10.1. The van der Waals surface area contributed by atoms with Crippen LogP contribution in [0.4, 0.5) is 10.5 Å². The van der Waals surface area contributed by atoms with Crippen LogP contribution in [0.25, 0.3) is 11.0 Å². The van der Waals surface area contributed by atoms with Crippen molar-refractivity contribution in [3.8, 4) is 0 Å². The molecule has 3 aromatic rings. The molecular weight excluding hydrogens is 460 g/mol. The van der Waals surface area contributed by atoms with E-state index in [-0.39, 0.29) is 31.1 Å². The molecule has 0 radical (unpaired) electrons. The zero-order valence-corrected chi connectivity index (χ0v) is 20.6. The summed E-state index contributed by atoms with van der Waals surface area (Å²) in [5.74, 6) is 1.07. The molecule has 2 aliphatic rings. The van der Waals surface area contributed by atoms with Gasteiger partial charge in [-0.05, 0) is 69.6 Å². The first-order chi connectivity index (χ1) is 17.4. The number of aliphatic hydroxyl groups is 1. The molecule has 1 aromatic carbocycles. The molecule has 10 heteroatoms. The second-order valence-electron chi connectivity index (χ2n) is 10.1. The highest BCUT2D eigenvalue weighted by atomic mass is 16.4. The number of carbonyl (C=O) groups excluding carboxylic acids is 1. The first kappa shape index (κ1) is 24.3. The average Bonchev–Trinajstić information content (AvgIpc) is 3.51. The Morgan fingerprint density at radius 3 is 2.67 bits per heavy atom. The predicted octanol–water partition coefficient (Wildman–Crippen LogP) is 2.96. The van der Waals surface area contributed by atoms with Crippen LogP contribution in [0.15, 0.2) is 30.6 Å². The third-order valence-corrected chi connectivity index (χ3v) is 7.69. The van der Waals surface area contributed by atoms with Crippen molar-refractivity contribution in [3.05, 3.63) is 42.0 Å². The van der Waals surface area contributed by atoms with Crippen molar-refractivity contribution in [1.29, 1.82) is 0 Å². The van der Waals surface area contributed by atoms with Crippen LogP contribution in [0.2, 0.25) is 0 Å². The summed E-state index contributed by atoms with van der Waals surface area (Å²) < 4.78 is 3.81. The Hall–Kier alpha value is -3.40. The van der Waals surface area contributed by atoms with E-state index in [1.165, 1.54) is 4.90 Å². The van der Waals surface area contributed by atoms with Crippen molar-refractivity contribution < 1.29 is 19.8 Å². The van der Waals surface area contributed by atoms with Gasteiger partial charge in [-0.15, -0.1) is 0 Å². The maximum Gasteiger partial charge on any atom is 0.412 e. The molecule has 2 amide bonds. The van der Waals surface area contributed by atoms with Crippen molar-refractivity contribution in [2.24, 2.45) is 5.92 Å². The standard InChI is InChI=1S/C26H34N6O4/c1-17-3-8-20-21(32(17)26(35)36)9-10-22-25(20)29-23(11-14-30-13-2-12-27-30)31(22)15-24(34)28-19-6-4-18(16-33)5-7-19/h2,9-10,12-13,17-19,33H,3-8,11,14-16H2,1H3,(H,28,34)(H,35,36)/t17-,18-,19-/m0/s1. The van der Waals surface area contributed by atoms with E-state index in [0.717, 1.165) is 60.9 Å². The molecule has 2 aromatic heterocycles. The van der Waals surface area contributed by atoms with E-state index in [4.69, 9.17) is 4.98 Å². The molecular formula is C26H34N6O4. The number of carbonyl (C=O) groups is 2. The lowest BCUT2D eigenvalue weighted by atomic mass is 9.86. The maximum absolute atomic E-state index is 13.1. The second kappa shape index (κ2) is 10.3.